The molecule has 1 aromatic rings. The zero-order valence-electron chi connectivity index (χ0n) is 12.4. The zero-order valence-corrected chi connectivity index (χ0v) is 12.4. The Balaban J connectivity index is 2.33. The van der Waals surface area contributed by atoms with E-state index in [9.17, 15) is 5.11 Å². The van der Waals surface area contributed by atoms with Crippen LogP contribution < -0.4 is 10.1 Å². The maximum atomic E-state index is 9.40. The fourth-order valence-electron chi connectivity index (χ4n) is 2.16. The lowest BCUT2D eigenvalue weighted by Crippen LogP contribution is -2.45. The van der Waals surface area contributed by atoms with Crippen LogP contribution in [0.4, 0.5) is 0 Å². The summed E-state index contributed by atoms with van der Waals surface area (Å²) in [6, 6.07) is 8.23. The summed E-state index contributed by atoms with van der Waals surface area (Å²) in [5.41, 5.74) is 1.11. The second-order valence-electron chi connectivity index (χ2n) is 5.20. The molecule has 0 aliphatic heterocycles. The zero-order chi connectivity index (χ0) is 14.1. The van der Waals surface area contributed by atoms with Crippen molar-refractivity contribution < 1.29 is 9.84 Å². The Labute approximate surface area is 117 Å². The number of likely N-dealkylation sites (N-methyl/N-ethyl adjacent to an activating group) is 1. The van der Waals surface area contributed by atoms with Crippen molar-refractivity contribution in [3.05, 3.63) is 29.8 Å². The summed E-state index contributed by atoms with van der Waals surface area (Å²) in [5.74, 6) is 0.938. The van der Waals surface area contributed by atoms with Crippen LogP contribution in [-0.2, 0) is 6.42 Å². The van der Waals surface area contributed by atoms with Crippen LogP contribution in [0.15, 0.2) is 24.3 Å². The Morgan fingerprint density at radius 1 is 1.32 bits per heavy atom. The molecule has 0 spiro atoms. The van der Waals surface area contributed by atoms with E-state index in [4.69, 9.17) is 4.74 Å². The summed E-state index contributed by atoms with van der Waals surface area (Å²) in [6.07, 6.45) is 2.87. The second kappa shape index (κ2) is 8.18. The van der Waals surface area contributed by atoms with Gasteiger partial charge in [0, 0.05) is 5.54 Å². The van der Waals surface area contributed by atoms with Gasteiger partial charge in [-0.25, -0.2) is 0 Å². The van der Waals surface area contributed by atoms with Gasteiger partial charge in [-0.1, -0.05) is 26.0 Å². The molecule has 0 saturated heterocycles. The largest absolute Gasteiger partial charge is 0.494 e. The Hall–Kier alpha value is -1.06. The van der Waals surface area contributed by atoms with Crippen molar-refractivity contribution in [3.8, 4) is 5.75 Å². The Kier molecular flexibility index (Phi) is 6.89. The van der Waals surface area contributed by atoms with E-state index in [0.717, 1.165) is 31.6 Å². The molecule has 0 aromatic heterocycles. The Morgan fingerprint density at radius 3 is 2.74 bits per heavy atom. The molecule has 19 heavy (non-hydrogen) atoms. The van der Waals surface area contributed by atoms with Crippen LogP contribution in [0.5, 0.6) is 5.75 Å². The van der Waals surface area contributed by atoms with Gasteiger partial charge in [0.15, 0.2) is 0 Å². The van der Waals surface area contributed by atoms with E-state index in [-0.39, 0.29) is 12.1 Å². The number of nitrogens with one attached hydrogen (secondary N) is 1. The molecule has 0 saturated carbocycles. The molecule has 0 amide bonds. The van der Waals surface area contributed by atoms with E-state index in [1.54, 1.807) is 0 Å². The van der Waals surface area contributed by atoms with Crippen LogP contribution in [-0.4, -0.2) is 30.4 Å². The summed E-state index contributed by atoms with van der Waals surface area (Å²) in [5, 5.41) is 12.7. The normalized spacial score (nSPS) is 14.1. The molecule has 0 heterocycles. The van der Waals surface area contributed by atoms with E-state index in [2.05, 4.69) is 31.3 Å². The van der Waals surface area contributed by atoms with Crippen LogP contribution in [0.2, 0.25) is 0 Å². The number of aliphatic hydroxyl groups excluding tert-OH is 1. The van der Waals surface area contributed by atoms with Gasteiger partial charge in [-0.05, 0) is 50.4 Å². The van der Waals surface area contributed by atoms with Gasteiger partial charge >= 0.3 is 0 Å². The molecule has 3 heteroatoms. The highest BCUT2D eigenvalue weighted by molar-refractivity contribution is 5.28. The molecule has 1 aromatic carbocycles. The third-order valence-electron chi connectivity index (χ3n) is 3.40. The number of aryl methyl sites for hydroxylation is 1. The van der Waals surface area contributed by atoms with Gasteiger partial charge in [-0.15, -0.1) is 0 Å². The lowest BCUT2D eigenvalue weighted by Gasteiger charge is -2.28. The van der Waals surface area contributed by atoms with Crippen LogP contribution >= 0.6 is 0 Å². The van der Waals surface area contributed by atoms with Gasteiger partial charge in [0.25, 0.3) is 0 Å². The molecule has 0 radical (unpaired) electrons. The number of hydrogen-bond donors (Lipinski definition) is 2. The van der Waals surface area contributed by atoms with Crippen molar-refractivity contribution in [2.24, 2.45) is 0 Å². The summed E-state index contributed by atoms with van der Waals surface area (Å²) in [7, 11) is 0. The number of benzene rings is 1. The lowest BCUT2D eigenvalue weighted by molar-refractivity contribution is 0.158. The quantitative estimate of drug-likeness (QED) is 0.675. The molecule has 0 fully saturated rings. The number of aliphatic hydroxyl groups is 1. The van der Waals surface area contributed by atoms with Gasteiger partial charge in [-0.3, -0.25) is 0 Å². The average Bonchev–Trinajstić information content (AvgIpc) is 2.44. The predicted octanol–water partition coefficient (Wildman–Crippen LogP) is 2.77. The summed E-state index contributed by atoms with van der Waals surface area (Å²) in [4.78, 5) is 0. The Bertz CT molecular complexity index is 368. The van der Waals surface area contributed by atoms with Gasteiger partial charge in [0.1, 0.15) is 5.75 Å². The van der Waals surface area contributed by atoms with E-state index in [0.29, 0.717) is 6.61 Å². The predicted molar refractivity (Wildman–Crippen MR) is 79.7 cm³/mol. The van der Waals surface area contributed by atoms with Crippen molar-refractivity contribution in [2.75, 3.05) is 19.8 Å². The highest BCUT2D eigenvalue weighted by Crippen LogP contribution is 2.16. The van der Waals surface area contributed by atoms with Gasteiger partial charge in [0.2, 0.25) is 0 Å². The molecule has 0 aliphatic carbocycles. The standard InChI is InChI=1S/C16H27NO2/c1-4-14-8-6-9-15(12-14)19-11-7-10-16(3,13-18)17-5-2/h6,8-9,12,17-18H,4-5,7,10-11,13H2,1-3H3. The third-order valence-corrected chi connectivity index (χ3v) is 3.40. The first-order valence-corrected chi connectivity index (χ1v) is 7.21. The highest BCUT2D eigenvalue weighted by Gasteiger charge is 2.20. The maximum absolute atomic E-state index is 9.40. The van der Waals surface area contributed by atoms with Crippen molar-refractivity contribution in [2.45, 2.75) is 45.6 Å². The van der Waals surface area contributed by atoms with Gasteiger partial charge in [0.05, 0.1) is 13.2 Å². The van der Waals surface area contributed by atoms with Crippen LogP contribution in [0.25, 0.3) is 0 Å². The summed E-state index contributed by atoms with van der Waals surface area (Å²) >= 11 is 0. The topological polar surface area (TPSA) is 41.5 Å². The van der Waals surface area contributed by atoms with E-state index in [1.165, 1.54) is 5.56 Å². The molecule has 1 atom stereocenters. The van der Waals surface area contributed by atoms with E-state index >= 15 is 0 Å². The minimum atomic E-state index is -0.191. The highest BCUT2D eigenvalue weighted by atomic mass is 16.5. The molecule has 2 N–H and O–H groups in total. The first-order valence-electron chi connectivity index (χ1n) is 7.21. The van der Waals surface area contributed by atoms with Crippen molar-refractivity contribution >= 4 is 0 Å². The first kappa shape index (κ1) is 16.0. The van der Waals surface area contributed by atoms with Gasteiger partial charge in [-0.2, -0.15) is 0 Å². The number of hydrogen-bond acceptors (Lipinski definition) is 3. The Morgan fingerprint density at radius 2 is 2.11 bits per heavy atom. The minimum absolute atomic E-state index is 0.159. The number of ether oxygens (including phenoxy) is 1. The average molecular weight is 265 g/mol. The second-order valence-corrected chi connectivity index (χ2v) is 5.20. The van der Waals surface area contributed by atoms with Crippen LogP contribution in [0.3, 0.4) is 0 Å². The molecule has 0 bridgehead atoms. The van der Waals surface area contributed by atoms with Crippen LogP contribution in [0, 0.1) is 0 Å². The molecular formula is C16H27NO2. The minimum Gasteiger partial charge on any atom is -0.494 e. The first-order chi connectivity index (χ1) is 9.13. The maximum Gasteiger partial charge on any atom is 0.119 e. The van der Waals surface area contributed by atoms with Gasteiger partial charge < -0.3 is 15.2 Å². The lowest BCUT2D eigenvalue weighted by atomic mass is 9.97. The smallest absolute Gasteiger partial charge is 0.119 e. The summed E-state index contributed by atoms with van der Waals surface area (Å²) in [6.45, 7) is 7.97. The molecule has 0 aliphatic rings. The molecule has 108 valence electrons. The van der Waals surface area contributed by atoms with Crippen molar-refractivity contribution in [1.82, 2.24) is 5.32 Å². The van der Waals surface area contributed by atoms with Crippen molar-refractivity contribution in [3.63, 3.8) is 0 Å². The molecule has 1 rings (SSSR count). The fraction of sp³-hybridized carbons (Fsp3) is 0.625. The molecule has 1 unspecified atom stereocenters. The third kappa shape index (κ3) is 5.62. The van der Waals surface area contributed by atoms with Crippen molar-refractivity contribution in [1.29, 1.82) is 0 Å². The number of rotatable bonds is 9. The van der Waals surface area contributed by atoms with E-state index in [1.807, 2.05) is 19.1 Å². The SMILES string of the molecule is CCNC(C)(CO)CCCOc1cccc(CC)c1. The molecular weight excluding hydrogens is 238 g/mol. The monoisotopic (exact) mass is 265 g/mol. The summed E-state index contributed by atoms with van der Waals surface area (Å²) < 4.78 is 5.76. The van der Waals surface area contributed by atoms with Crippen LogP contribution in [0.1, 0.15) is 39.2 Å². The fourth-order valence-corrected chi connectivity index (χ4v) is 2.16. The molecule has 3 nitrogen and oxygen atoms in total. The van der Waals surface area contributed by atoms with E-state index < -0.39 is 0 Å².